The highest BCUT2D eigenvalue weighted by Gasteiger charge is 2.40. The molecule has 322 valence electrons. The normalized spacial score (nSPS) is 18.7. The average molecular weight is 856 g/mol. The van der Waals surface area contributed by atoms with E-state index in [0.29, 0.717) is 61.1 Å². The summed E-state index contributed by atoms with van der Waals surface area (Å²) in [7, 11) is 1.58. The first-order valence-electron chi connectivity index (χ1n) is 19.4. The molecule has 0 radical (unpaired) electrons. The van der Waals surface area contributed by atoms with Crippen LogP contribution in [0.2, 0.25) is 5.02 Å². The number of carbonyl (C=O) groups is 3. The third-order valence-corrected chi connectivity index (χ3v) is 10.7. The molecule has 60 heavy (non-hydrogen) atoms. The van der Waals surface area contributed by atoms with Crippen molar-refractivity contribution in [1.29, 1.82) is 0 Å². The fourth-order valence-electron chi connectivity index (χ4n) is 7.17. The number of ether oxygens (including phenoxy) is 3. The van der Waals surface area contributed by atoms with Crippen LogP contribution in [-0.4, -0.2) is 112 Å². The van der Waals surface area contributed by atoms with Crippen molar-refractivity contribution in [2.75, 3.05) is 50.1 Å². The molecule has 2 fully saturated rings. The first-order chi connectivity index (χ1) is 28.2. The van der Waals surface area contributed by atoms with Crippen molar-refractivity contribution in [2.45, 2.75) is 78.1 Å². The van der Waals surface area contributed by atoms with Gasteiger partial charge in [-0.05, 0) is 65.3 Å². The molecule has 14 nitrogen and oxygen atoms in total. The van der Waals surface area contributed by atoms with Crippen molar-refractivity contribution in [1.82, 2.24) is 24.8 Å². The van der Waals surface area contributed by atoms with Gasteiger partial charge in [0.2, 0.25) is 5.91 Å². The lowest BCUT2D eigenvalue weighted by atomic mass is 9.92. The van der Waals surface area contributed by atoms with Gasteiger partial charge in [-0.1, -0.05) is 35.9 Å². The van der Waals surface area contributed by atoms with Crippen LogP contribution < -0.4 is 15.0 Å². The highest BCUT2D eigenvalue weighted by Crippen LogP contribution is 2.41. The van der Waals surface area contributed by atoms with Crippen LogP contribution in [0.15, 0.2) is 60.9 Å². The minimum Gasteiger partial charge on any atom is -0.444 e. The van der Waals surface area contributed by atoms with Crippen molar-refractivity contribution >= 4 is 41.0 Å². The number of nitrogens with zero attached hydrogens (tertiary/aromatic N) is 5. The van der Waals surface area contributed by atoms with Crippen LogP contribution in [0.4, 0.5) is 29.5 Å². The molecule has 0 saturated carbocycles. The van der Waals surface area contributed by atoms with Crippen molar-refractivity contribution in [3.63, 3.8) is 0 Å². The molecule has 0 spiro atoms. The molecule has 1 unspecified atom stereocenters. The van der Waals surface area contributed by atoms with E-state index in [1.165, 1.54) is 18.3 Å². The molecule has 6 rings (SSSR count). The summed E-state index contributed by atoms with van der Waals surface area (Å²) in [6.07, 6.45) is -2.23. The number of hydrogen-bond donors (Lipinski definition) is 3. The number of nitrogens with one attached hydrogen (secondary N) is 2. The lowest BCUT2D eigenvalue weighted by Gasteiger charge is -2.42. The van der Waals surface area contributed by atoms with Gasteiger partial charge >= 0.3 is 12.5 Å². The van der Waals surface area contributed by atoms with Gasteiger partial charge in [0.15, 0.2) is 0 Å². The Hall–Kier alpha value is -5.39. The zero-order chi connectivity index (χ0) is 43.7. The maximum absolute atomic E-state index is 13.7. The number of H-pyrrole nitrogens is 1. The third-order valence-electron chi connectivity index (χ3n) is 10.4. The van der Waals surface area contributed by atoms with Crippen molar-refractivity contribution in [3.05, 3.63) is 77.3 Å². The molecule has 4 heterocycles. The maximum Gasteiger partial charge on any atom is 0.573 e. The van der Waals surface area contributed by atoms with E-state index in [9.17, 15) is 32.7 Å². The number of aliphatic hydroxyl groups is 1. The van der Waals surface area contributed by atoms with E-state index in [1.54, 1.807) is 88.1 Å². The Morgan fingerprint density at radius 2 is 1.70 bits per heavy atom. The number of aromatic amines is 1. The summed E-state index contributed by atoms with van der Waals surface area (Å²) >= 11 is 6.57. The second kappa shape index (κ2) is 17.3. The summed E-state index contributed by atoms with van der Waals surface area (Å²) < 4.78 is 56.8. The van der Waals surface area contributed by atoms with Crippen molar-refractivity contribution in [3.8, 4) is 28.1 Å². The predicted molar refractivity (Wildman–Crippen MR) is 219 cm³/mol. The summed E-state index contributed by atoms with van der Waals surface area (Å²) in [5.41, 5.74) is -0.0106. The lowest BCUT2D eigenvalue weighted by molar-refractivity contribution is -0.274. The molecular weight excluding hydrogens is 807 g/mol. The molecule has 0 bridgehead atoms. The number of benzene rings is 2. The molecule has 3 N–H and O–H groups in total. The van der Waals surface area contributed by atoms with Gasteiger partial charge in [-0.25, -0.2) is 14.8 Å². The van der Waals surface area contributed by atoms with Crippen molar-refractivity contribution < 1.29 is 46.9 Å². The number of amides is 3. The number of rotatable bonds is 10. The zero-order valence-electron chi connectivity index (χ0n) is 34.4. The number of likely N-dealkylation sites (tertiary alicyclic amines) is 1. The number of alkyl halides is 3. The van der Waals surface area contributed by atoms with Gasteiger partial charge in [-0.2, -0.15) is 0 Å². The van der Waals surface area contributed by atoms with Crippen LogP contribution in [-0.2, 0) is 14.3 Å². The van der Waals surface area contributed by atoms with Crippen LogP contribution in [0, 0.1) is 5.41 Å². The Morgan fingerprint density at radius 3 is 2.30 bits per heavy atom. The predicted octanol–water partition coefficient (Wildman–Crippen LogP) is 7.70. The second-order valence-electron chi connectivity index (χ2n) is 16.6. The largest absolute Gasteiger partial charge is 0.573 e. The first-order valence-corrected chi connectivity index (χ1v) is 19.8. The number of aromatic nitrogens is 3. The van der Waals surface area contributed by atoms with Crippen LogP contribution in [0.25, 0.3) is 22.4 Å². The molecule has 3 amide bonds. The van der Waals surface area contributed by atoms with E-state index < -0.39 is 41.2 Å². The van der Waals surface area contributed by atoms with Gasteiger partial charge < -0.3 is 39.4 Å². The summed E-state index contributed by atoms with van der Waals surface area (Å²) in [4.78, 5) is 56.9. The molecule has 3 atom stereocenters. The minimum atomic E-state index is -5.06. The van der Waals surface area contributed by atoms with Gasteiger partial charge in [-0.15, -0.1) is 13.2 Å². The number of aliphatic hydroxyl groups excluding tert-OH is 1. The van der Waals surface area contributed by atoms with Crippen LogP contribution in [0.1, 0.15) is 70.2 Å². The fraction of sp³-hybridized carbons (Fsp3) is 0.452. The van der Waals surface area contributed by atoms with Crippen LogP contribution >= 0.6 is 11.6 Å². The smallest absolute Gasteiger partial charge is 0.444 e. The van der Waals surface area contributed by atoms with Crippen molar-refractivity contribution in [2.24, 2.45) is 5.41 Å². The second-order valence-corrected chi connectivity index (χ2v) is 17.0. The molecule has 2 aromatic carbocycles. The Kier molecular flexibility index (Phi) is 12.7. The van der Waals surface area contributed by atoms with E-state index in [-0.39, 0.29) is 46.5 Å². The monoisotopic (exact) mass is 855 g/mol. The standard InChI is InChI=1S/C42H49ClF3N7O7/c1-24-21-51(38(56)41(5,6)23-54)14-15-52(24)35-13-12-27(19-47-35)37(55)50-31-18-34(59-42(44,45)46)29(17-30(31)43)25-8-10-26(11-9-25)32-20-48-36(49-32)33-16-28(58-7)22-53(33)39(57)60-40(2,3)4/h8-13,17-20,24,28,33,54H,14-16,21-23H2,1-7H3,(H,48,49)(H,50,55)/t24?,28-,33-/m0/s1. The van der Waals surface area contributed by atoms with E-state index in [4.69, 9.17) is 26.1 Å². The number of hydrogen-bond acceptors (Lipinski definition) is 10. The van der Waals surface area contributed by atoms with Crippen LogP contribution in [0.3, 0.4) is 0 Å². The SMILES string of the molecule is CO[C@H]1C[C@@H](c2nc(-c3ccc(-c4cc(Cl)c(NC(=O)c5ccc(N6CCN(C(=O)C(C)(C)CO)CC6C)nc5)cc4OC(F)(F)F)cc3)c[nH]2)N(C(=O)OC(C)(C)C)C1. The quantitative estimate of drug-likeness (QED) is 0.144. The fourth-order valence-corrected chi connectivity index (χ4v) is 7.38. The minimum absolute atomic E-state index is 0.0241. The third kappa shape index (κ3) is 10.1. The number of carbonyl (C=O) groups excluding carboxylic acids is 3. The Labute approximate surface area is 351 Å². The average Bonchev–Trinajstić information content (AvgIpc) is 3.86. The van der Waals surface area contributed by atoms with Gasteiger partial charge in [0.05, 0.1) is 52.7 Å². The number of pyridine rings is 1. The van der Waals surface area contributed by atoms with E-state index in [0.717, 1.165) is 6.07 Å². The molecule has 4 aromatic rings. The van der Waals surface area contributed by atoms with Gasteiger partial charge in [0, 0.05) is 68.8 Å². The van der Waals surface area contributed by atoms with Gasteiger partial charge in [-0.3, -0.25) is 14.5 Å². The van der Waals surface area contributed by atoms with Gasteiger partial charge in [0.1, 0.15) is 23.0 Å². The number of methoxy groups -OCH3 is 1. The zero-order valence-corrected chi connectivity index (χ0v) is 35.1. The Bertz CT molecular complexity index is 2190. The Balaban J connectivity index is 1.16. The number of anilines is 2. The van der Waals surface area contributed by atoms with E-state index >= 15 is 0 Å². The summed E-state index contributed by atoms with van der Waals surface area (Å²) in [5, 5.41) is 12.2. The summed E-state index contributed by atoms with van der Waals surface area (Å²) in [6.45, 7) is 12.1. The molecule has 2 saturated heterocycles. The summed E-state index contributed by atoms with van der Waals surface area (Å²) in [5.74, 6) is -0.285. The molecule has 2 aromatic heterocycles. The maximum atomic E-state index is 13.7. The van der Waals surface area contributed by atoms with E-state index in [2.05, 4.69) is 20.0 Å². The molecule has 18 heteroatoms. The molecule has 2 aliphatic heterocycles. The highest BCUT2D eigenvalue weighted by atomic mass is 35.5. The van der Waals surface area contributed by atoms with E-state index in [1.807, 2.05) is 11.8 Å². The number of piperazine rings is 1. The molecule has 2 aliphatic rings. The summed E-state index contributed by atoms with van der Waals surface area (Å²) in [6, 6.07) is 11.5. The molecular formula is C42H49ClF3N7O7. The first kappa shape index (κ1) is 44.2. The lowest BCUT2D eigenvalue weighted by Crippen LogP contribution is -2.56. The number of halogens is 4. The highest BCUT2D eigenvalue weighted by molar-refractivity contribution is 6.34. The molecule has 0 aliphatic carbocycles. The Morgan fingerprint density at radius 1 is 1.00 bits per heavy atom. The number of imidazole rings is 1. The van der Waals surface area contributed by atoms with Gasteiger partial charge in [0.25, 0.3) is 5.91 Å². The van der Waals surface area contributed by atoms with Crippen LogP contribution in [0.5, 0.6) is 5.75 Å². The topological polar surface area (TPSA) is 162 Å².